The first kappa shape index (κ1) is 17.7. The van der Waals surface area contributed by atoms with Gasteiger partial charge in [-0.15, -0.1) is 0 Å². The SMILES string of the molecule is CC(=O)Nc1cccc(NC(=O)CC(=O)Nc2ccccc2Br)c1. The van der Waals surface area contributed by atoms with Crippen LogP contribution in [0.4, 0.5) is 17.1 Å². The zero-order valence-corrected chi connectivity index (χ0v) is 14.5. The van der Waals surface area contributed by atoms with E-state index in [0.29, 0.717) is 17.1 Å². The number of carbonyl (C=O) groups excluding carboxylic acids is 3. The van der Waals surface area contributed by atoms with Crippen molar-refractivity contribution in [2.45, 2.75) is 13.3 Å². The van der Waals surface area contributed by atoms with Crippen LogP contribution in [0.5, 0.6) is 0 Å². The van der Waals surface area contributed by atoms with Crippen molar-refractivity contribution in [1.82, 2.24) is 0 Å². The maximum absolute atomic E-state index is 12.0. The number of nitrogens with one attached hydrogen (secondary N) is 3. The van der Waals surface area contributed by atoms with Gasteiger partial charge in [-0.05, 0) is 46.3 Å². The molecule has 0 saturated heterocycles. The Hall–Kier alpha value is -2.67. The monoisotopic (exact) mass is 389 g/mol. The Morgan fingerprint density at radius 1 is 0.875 bits per heavy atom. The second kappa shape index (κ2) is 8.26. The molecular formula is C17H16BrN3O3. The third-order valence-electron chi connectivity index (χ3n) is 2.94. The number of para-hydroxylation sites is 1. The van der Waals surface area contributed by atoms with E-state index < -0.39 is 11.8 Å². The summed E-state index contributed by atoms with van der Waals surface area (Å²) in [6, 6.07) is 13.8. The van der Waals surface area contributed by atoms with E-state index in [1.807, 2.05) is 6.07 Å². The lowest BCUT2D eigenvalue weighted by atomic mass is 10.2. The summed E-state index contributed by atoms with van der Waals surface area (Å²) in [5.74, 6) is -1.07. The van der Waals surface area contributed by atoms with Crippen LogP contribution in [-0.4, -0.2) is 17.7 Å². The summed E-state index contributed by atoms with van der Waals surface area (Å²) in [5, 5.41) is 7.91. The molecule has 0 aromatic heterocycles. The molecule has 0 radical (unpaired) electrons. The van der Waals surface area contributed by atoms with E-state index >= 15 is 0 Å². The molecule has 2 aromatic rings. The number of carbonyl (C=O) groups is 3. The zero-order valence-electron chi connectivity index (χ0n) is 12.9. The molecule has 24 heavy (non-hydrogen) atoms. The summed E-state index contributed by atoms with van der Waals surface area (Å²) in [5.41, 5.74) is 1.67. The summed E-state index contributed by atoms with van der Waals surface area (Å²) in [6.45, 7) is 1.40. The number of amides is 3. The number of rotatable bonds is 5. The van der Waals surface area contributed by atoms with Crippen LogP contribution in [0, 0.1) is 0 Å². The fraction of sp³-hybridized carbons (Fsp3) is 0.118. The highest BCUT2D eigenvalue weighted by atomic mass is 79.9. The maximum Gasteiger partial charge on any atom is 0.233 e. The average molecular weight is 390 g/mol. The first-order valence-corrected chi connectivity index (χ1v) is 7.95. The Bertz CT molecular complexity index is 777. The molecule has 7 heteroatoms. The molecule has 124 valence electrons. The highest BCUT2D eigenvalue weighted by molar-refractivity contribution is 9.10. The Labute approximate surface area is 147 Å². The third-order valence-corrected chi connectivity index (χ3v) is 3.63. The fourth-order valence-corrected chi connectivity index (χ4v) is 2.37. The maximum atomic E-state index is 12.0. The summed E-state index contributed by atoms with van der Waals surface area (Å²) < 4.78 is 0.738. The molecule has 0 unspecified atom stereocenters. The first-order chi connectivity index (χ1) is 11.4. The fourth-order valence-electron chi connectivity index (χ4n) is 1.99. The van der Waals surface area contributed by atoms with Crippen molar-refractivity contribution in [2.24, 2.45) is 0 Å². The Morgan fingerprint density at radius 2 is 1.50 bits per heavy atom. The minimum absolute atomic E-state index is 0.203. The molecule has 0 bridgehead atoms. The van der Waals surface area contributed by atoms with Gasteiger partial charge in [0.05, 0.1) is 5.69 Å². The van der Waals surface area contributed by atoms with E-state index in [9.17, 15) is 14.4 Å². The van der Waals surface area contributed by atoms with Crippen molar-refractivity contribution in [2.75, 3.05) is 16.0 Å². The lowest BCUT2D eigenvalue weighted by Gasteiger charge is -2.09. The van der Waals surface area contributed by atoms with Gasteiger partial charge < -0.3 is 16.0 Å². The molecule has 0 aliphatic heterocycles. The smallest absolute Gasteiger partial charge is 0.233 e. The van der Waals surface area contributed by atoms with E-state index in [1.54, 1.807) is 42.5 Å². The van der Waals surface area contributed by atoms with Crippen LogP contribution < -0.4 is 16.0 Å². The molecule has 0 aliphatic carbocycles. The van der Waals surface area contributed by atoms with Crippen LogP contribution in [0.1, 0.15) is 13.3 Å². The van der Waals surface area contributed by atoms with Gasteiger partial charge in [0.25, 0.3) is 0 Å². The van der Waals surface area contributed by atoms with Crippen molar-refractivity contribution in [3.05, 3.63) is 53.0 Å². The normalized spacial score (nSPS) is 9.92. The molecule has 6 nitrogen and oxygen atoms in total. The van der Waals surface area contributed by atoms with Gasteiger partial charge in [0.15, 0.2) is 0 Å². The van der Waals surface area contributed by atoms with Gasteiger partial charge in [0.2, 0.25) is 17.7 Å². The van der Waals surface area contributed by atoms with Gasteiger partial charge in [0.1, 0.15) is 6.42 Å². The van der Waals surface area contributed by atoms with Crippen LogP contribution in [0.15, 0.2) is 53.0 Å². The summed E-state index contributed by atoms with van der Waals surface area (Å²) in [6.07, 6.45) is -0.314. The van der Waals surface area contributed by atoms with Gasteiger partial charge in [-0.2, -0.15) is 0 Å². The second-order valence-corrected chi connectivity index (χ2v) is 5.87. The van der Waals surface area contributed by atoms with Crippen molar-refractivity contribution in [1.29, 1.82) is 0 Å². The summed E-state index contributed by atoms with van der Waals surface area (Å²) >= 11 is 3.32. The lowest BCUT2D eigenvalue weighted by Crippen LogP contribution is -2.21. The van der Waals surface area contributed by atoms with E-state index in [1.165, 1.54) is 6.92 Å². The first-order valence-electron chi connectivity index (χ1n) is 7.16. The number of halogens is 1. The Morgan fingerprint density at radius 3 is 2.17 bits per heavy atom. The quantitative estimate of drug-likeness (QED) is 0.684. The van der Waals surface area contributed by atoms with E-state index in [-0.39, 0.29) is 12.3 Å². The van der Waals surface area contributed by atoms with Crippen LogP contribution in [-0.2, 0) is 14.4 Å². The zero-order chi connectivity index (χ0) is 17.5. The standard InChI is InChI=1S/C17H16BrN3O3/c1-11(22)19-12-5-4-6-13(9-12)20-16(23)10-17(24)21-15-8-3-2-7-14(15)18/h2-9H,10H2,1H3,(H,19,22)(H,20,23)(H,21,24). The predicted octanol–water partition coefficient (Wildman–Crippen LogP) is 3.37. The van der Waals surface area contributed by atoms with Gasteiger partial charge in [-0.3, -0.25) is 14.4 Å². The molecule has 3 N–H and O–H groups in total. The van der Waals surface area contributed by atoms with Crippen molar-refractivity contribution >= 4 is 50.7 Å². The van der Waals surface area contributed by atoms with Crippen molar-refractivity contribution < 1.29 is 14.4 Å². The van der Waals surface area contributed by atoms with Crippen LogP contribution in [0.3, 0.4) is 0 Å². The second-order valence-electron chi connectivity index (χ2n) is 5.01. The lowest BCUT2D eigenvalue weighted by molar-refractivity contribution is -0.123. The van der Waals surface area contributed by atoms with Gasteiger partial charge in [-0.25, -0.2) is 0 Å². The van der Waals surface area contributed by atoms with Crippen molar-refractivity contribution in [3.63, 3.8) is 0 Å². The number of benzene rings is 2. The summed E-state index contributed by atoms with van der Waals surface area (Å²) in [7, 11) is 0. The molecule has 0 fully saturated rings. The van der Waals surface area contributed by atoms with E-state index in [0.717, 1.165) is 4.47 Å². The predicted molar refractivity (Wildman–Crippen MR) is 96.8 cm³/mol. The number of hydrogen-bond donors (Lipinski definition) is 3. The number of anilines is 3. The highest BCUT2D eigenvalue weighted by Crippen LogP contribution is 2.21. The van der Waals surface area contributed by atoms with Crippen LogP contribution >= 0.6 is 15.9 Å². The van der Waals surface area contributed by atoms with Crippen molar-refractivity contribution in [3.8, 4) is 0 Å². The van der Waals surface area contributed by atoms with Gasteiger partial charge in [0, 0.05) is 22.8 Å². The largest absolute Gasteiger partial charge is 0.326 e. The molecule has 2 aromatic carbocycles. The average Bonchev–Trinajstić information content (AvgIpc) is 2.49. The minimum Gasteiger partial charge on any atom is -0.326 e. The summed E-state index contributed by atoms with van der Waals surface area (Å²) in [4.78, 5) is 34.9. The molecule has 0 saturated carbocycles. The van der Waals surface area contributed by atoms with Crippen LogP contribution in [0.25, 0.3) is 0 Å². The third kappa shape index (κ3) is 5.51. The molecule has 0 aliphatic rings. The number of hydrogen-bond acceptors (Lipinski definition) is 3. The Balaban J connectivity index is 1.92. The molecule has 0 atom stereocenters. The van der Waals surface area contributed by atoms with Crippen LogP contribution in [0.2, 0.25) is 0 Å². The van der Waals surface area contributed by atoms with E-state index in [4.69, 9.17) is 0 Å². The molecule has 3 amide bonds. The van der Waals surface area contributed by atoms with Gasteiger partial charge in [-0.1, -0.05) is 18.2 Å². The molecule has 2 rings (SSSR count). The highest BCUT2D eigenvalue weighted by Gasteiger charge is 2.11. The topological polar surface area (TPSA) is 87.3 Å². The molecular weight excluding hydrogens is 374 g/mol. The Kier molecular flexibility index (Phi) is 6.08. The van der Waals surface area contributed by atoms with E-state index in [2.05, 4.69) is 31.9 Å². The minimum atomic E-state index is -0.445. The molecule has 0 spiro atoms. The van der Waals surface area contributed by atoms with Gasteiger partial charge >= 0.3 is 0 Å². The molecule has 0 heterocycles.